The summed E-state index contributed by atoms with van der Waals surface area (Å²) in [7, 11) is 1.72. The van der Waals surface area contributed by atoms with Crippen molar-refractivity contribution in [3.8, 4) is 5.75 Å². The molecular weight excluding hydrogens is 312 g/mol. The number of ether oxygens (including phenoxy) is 1. The topological polar surface area (TPSA) is 41.6 Å². The second-order valence-corrected chi connectivity index (χ2v) is 7.71. The van der Waals surface area contributed by atoms with E-state index < -0.39 is 0 Å². The molecule has 1 N–H and O–H groups in total. The second kappa shape index (κ2) is 7.11. The maximum atomic E-state index is 12.3. The third kappa shape index (κ3) is 4.00. The largest absolute Gasteiger partial charge is 0.495 e. The number of hydrogen-bond donors (Lipinski definition) is 1. The molecule has 0 bridgehead atoms. The van der Waals surface area contributed by atoms with E-state index in [4.69, 9.17) is 4.74 Å². The van der Waals surface area contributed by atoms with Crippen LogP contribution >= 0.6 is 0 Å². The molecule has 1 amide bonds. The van der Waals surface area contributed by atoms with Crippen LogP contribution in [0.3, 0.4) is 0 Å². The highest BCUT2D eigenvalue weighted by Gasteiger charge is 2.36. The Hall–Kier alpha value is -1.97. The van der Waals surface area contributed by atoms with Crippen molar-refractivity contribution in [1.82, 2.24) is 5.32 Å². The number of nitrogens with zero attached hydrogens (tertiary/aromatic N) is 1. The summed E-state index contributed by atoms with van der Waals surface area (Å²) in [6.07, 6.45) is 8.17. The number of amides is 1. The highest BCUT2D eigenvalue weighted by molar-refractivity contribution is 5.88. The lowest BCUT2D eigenvalue weighted by Gasteiger charge is -2.21. The van der Waals surface area contributed by atoms with E-state index in [1.165, 1.54) is 31.3 Å². The lowest BCUT2D eigenvalue weighted by molar-refractivity contribution is -0.116. The minimum Gasteiger partial charge on any atom is -0.495 e. The number of hydrogen-bond acceptors (Lipinski definition) is 3. The zero-order valence-corrected chi connectivity index (χ0v) is 15.0. The number of nitrogens with one attached hydrogen (secondary N) is 1. The van der Waals surface area contributed by atoms with E-state index in [1.807, 2.05) is 18.2 Å². The van der Waals surface area contributed by atoms with Crippen LogP contribution in [0.5, 0.6) is 5.75 Å². The van der Waals surface area contributed by atoms with Crippen LogP contribution in [0, 0.1) is 17.8 Å². The van der Waals surface area contributed by atoms with Crippen LogP contribution in [0.15, 0.2) is 35.9 Å². The zero-order valence-electron chi connectivity index (χ0n) is 15.0. The maximum Gasteiger partial charge on any atom is 0.243 e. The van der Waals surface area contributed by atoms with E-state index in [0.29, 0.717) is 17.8 Å². The van der Waals surface area contributed by atoms with Gasteiger partial charge < -0.3 is 15.0 Å². The molecule has 3 aliphatic rings. The summed E-state index contributed by atoms with van der Waals surface area (Å²) in [5.74, 6) is 2.97. The molecule has 4 nitrogen and oxygen atoms in total. The zero-order chi connectivity index (χ0) is 17.2. The van der Waals surface area contributed by atoms with E-state index in [0.717, 1.165) is 37.5 Å². The Bertz CT molecular complexity index is 648. The Morgan fingerprint density at radius 1 is 1.20 bits per heavy atom. The standard InChI is InChI=1S/C21H28N2O2/c1-25-20-5-3-2-4-19(20)23-11-10-15(14-23)13-22-21(24)12-18(16-6-7-16)17-8-9-17/h2-5,12,15-17H,6-11,13-14H2,1H3,(H,22,24)/t15-/m0/s1. The summed E-state index contributed by atoms with van der Waals surface area (Å²) in [5, 5.41) is 3.15. The van der Waals surface area contributed by atoms with E-state index in [-0.39, 0.29) is 5.91 Å². The fraction of sp³-hybridized carbons (Fsp3) is 0.571. The molecule has 1 heterocycles. The van der Waals surface area contributed by atoms with Crippen molar-refractivity contribution in [3.63, 3.8) is 0 Å². The van der Waals surface area contributed by atoms with E-state index in [1.54, 1.807) is 7.11 Å². The first kappa shape index (κ1) is 16.5. The van der Waals surface area contributed by atoms with Crippen LogP contribution in [0.2, 0.25) is 0 Å². The Kier molecular flexibility index (Phi) is 4.69. The first-order chi connectivity index (χ1) is 12.2. The van der Waals surface area contributed by atoms with Gasteiger partial charge in [-0.05, 0) is 62.0 Å². The molecule has 0 unspecified atom stereocenters. The second-order valence-electron chi connectivity index (χ2n) is 7.71. The molecule has 2 saturated carbocycles. The molecule has 0 spiro atoms. The first-order valence-corrected chi connectivity index (χ1v) is 9.62. The molecular formula is C21H28N2O2. The van der Waals surface area contributed by atoms with E-state index >= 15 is 0 Å². The molecule has 4 rings (SSSR count). The maximum absolute atomic E-state index is 12.3. The summed E-state index contributed by atoms with van der Waals surface area (Å²) in [6.45, 7) is 2.76. The predicted molar refractivity (Wildman–Crippen MR) is 99.9 cm³/mol. The van der Waals surface area contributed by atoms with Crippen LogP contribution in [0.4, 0.5) is 5.69 Å². The van der Waals surface area contributed by atoms with Gasteiger partial charge in [0.25, 0.3) is 0 Å². The van der Waals surface area contributed by atoms with Crippen LogP contribution < -0.4 is 15.0 Å². The highest BCUT2D eigenvalue weighted by Crippen LogP contribution is 2.48. The quantitative estimate of drug-likeness (QED) is 0.774. The average Bonchev–Trinajstić information content (AvgIpc) is 3.56. The number of methoxy groups -OCH3 is 1. The van der Waals surface area contributed by atoms with E-state index in [9.17, 15) is 4.79 Å². The Morgan fingerprint density at radius 3 is 2.60 bits per heavy atom. The number of rotatable bonds is 7. The molecule has 1 aromatic rings. The summed E-state index contributed by atoms with van der Waals surface area (Å²) in [4.78, 5) is 14.7. The monoisotopic (exact) mass is 340 g/mol. The highest BCUT2D eigenvalue weighted by atomic mass is 16.5. The number of carbonyl (C=O) groups is 1. The summed E-state index contributed by atoms with van der Waals surface area (Å²) in [5.41, 5.74) is 2.59. The summed E-state index contributed by atoms with van der Waals surface area (Å²) in [6, 6.07) is 8.17. The van der Waals surface area contributed by atoms with Crippen LogP contribution in [-0.4, -0.2) is 32.7 Å². The van der Waals surface area contributed by atoms with Crippen molar-refractivity contribution in [3.05, 3.63) is 35.9 Å². The van der Waals surface area contributed by atoms with Gasteiger partial charge in [-0.2, -0.15) is 0 Å². The number of carbonyl (C=O) groups excluding carboxylic acids is 1. The lowest BCUT2D eigenvalue weighted by atomic mass is 10.1. The first-order valence-electron chi connectivity index (χ1n) is 9.62. The average molecular weight is 340 g/mol. The Balaban J connectivity index is 1.29. The fourth-order valence-electron chi connectivity index (χ4n) is 3.96. The molecule has 1 aromatic carbocycles. The van der Waals surface area contributed by atoms with Gasteiger partial charge in [-0.3, -0.25) is 4.79 Å². The fourth-order valence-corrected chi connectivity index (χ4v) is 3.96. The number of para-hydroxylation sites is 2. The SMILES string of the molecule is COc1ccccc1N1CC[C@@H](CNC(=O)C=C(C2CC2)C2CC2)C1. The van der Waals surface area contributed by atoms with Gasteiger partial charge in [-0.15, -0.1) is 0 Å². The predicted octanol–water partition coefficient (Wildman–Crippen LogP) is 3.38. The molecule has 4 heteroatoms. The van der Waals surface area contributed by atoms with Gasteiger partial charge >= 0.3 is 0 Å². The molecule has 1 saturated heterocycles. The number of allylic oxidation sites excluding steroid dienone is 1. The summed E-state index contributed by atoms with van der Waals surface area (Å²) < 4.78 is 5.47. The third-order valence-electron chi connectivity index (χ3n) is 5.67. The van der Waals surface area contributed by atoms with Gasteiger partial charge in [-0.1, -0.05) is 17.7 Å². The molecule has 3 fully saturated rings. The lowest BCUT2D eigenvalue weighted by Crippen LogP contribution is -2.30. The normalized spacial score (nSPS) is 22.6. The van der Waals surface area contributed by atoms with Gasteiger partial charge in [0.15, 0.2) is 0 Å². The number of benzene rings is 1. The smallest absolute Gasteiger partial charge is 0.243 e. The molecule has 0 aromatic heterocycles. The van der Waals surface area contributed by atoms with Crippen LogP contribution in [0.25, 0.3) is 0 Å². The molecule has 1 atom stereocenters. The third-order valence-corrected chi connectivity index (χ3v) is 5.67. The molecule has 0 radical (unpaired) electrons. The van der Waals surface area contributed by atoms with Gasteiger partial charge in [0.05, 0.1) is 12.8 Å². The van der Waals surface area contributed by atoms with Crippen molar-refractivity contribution in [2.24, 2.45) is 17.8 Å². The van der Waals surface area contributed by atoms with Gasteiger partial charge in [0, 0.05) is 25.7 Å². The minimum atomic E-state index is 0.115. The van der Waals surface area contributed by atoms with Gasteiger partial charge in [0.2, 0.25) is 5.91 Å². The molecule has 2 aliphatic carbocycles. The van der Waals surface area contributed by atoms with Gasteiger partial charge in [-0.25, -0.2) is 0 Å². The minimum absolute atomic E-state index is 0.115. The van der Waals surface area contributed by atoms with Crippen molar-refractivity contribution >= 4 is 11.6 Å². The Labute approximate surface area is 150 Å². The van der Waals surface area contributed by atoms with Crippen LogP contribution in [0.1, 0.15) is 32.1 Å². The van der Waals surface area contributed by atoms with Gasteiger partial charge in [0.1, 0.15) is 5.75 Å². The molecule has 25 heavy (non-hydrogen) atoms. The molecule has 134 valence electrons. The van der Waals surface area contributed by atoms with E-state index in [2.05, 4.69) is 22.3 Å². The van der Waals surface area contributed by atoms with Crippen molar-refractivity contribution in [2.45, 2.75) is 32.1 Å². The van der Waals surface area contributed by atoms with Crippen molar-refractivity contribution in [1.29, 1.82) is 0 Å². The Morgan fingerprint density at radius 2 is 1.92 bits per heavy atom. The molecule has 1 aliphatic heterocycles. The van der Waals surface area contributed by atoms with Crippen molar-refractivity contribution < 1.29 is 9.53 Å². The van der Waals surface area contributed by atoms with Crippen LogP contribution in [-0.2, 0) is 4.79 Å². The summed E-state index contributed by atoms with van der Waals surface area (Å²) >= 11 is 0. The van der Waals surface area contributed by atoms with Crippen molar-refractivity contribution in [2.75, 3.05) is 31.6 Å². The number of anilines is 1.